The molecule has 0 aliphatic heterocycles. The van der Waals surface area contributed by atoms with Crippen molar-refractivity contribution in [3.63, 3.8) is 0 Å². The van der Waals surface area contributed by atoms with Gasteiger partial charge in [0.15, 0.2) is 0 Å². The molecule has 6 heteroatoms. The van der Waals surface area contributed by atoms with E-state index in [-0.39, 0.29) is 18.5 Å². The number of benzene rings is 1. The van der Waals surface area contributed by atoms with Gasteiger partial charge < -0.3 is 10.2 Å². The Hall–Kier alpha value is -1.40. The first-order valence-corrected chi connectivity index (χ1v) is 6.85. The molecule has 1 heterocycles. The van der Waals surface area contributed by atoms with Gasteiger partial charge >= 0.3 is 6.18 Å². The summed E-state index contributed by atoms with van der Waals surface area (Å²) in [6.45, 7) is 1.96. The van der Waals surface area contributed by atoms with Crippen molar-refractivity contribution in [2.45, 2.75) is 29.3 Å². The topological polar surface area (TPSA) is 39.2 Å². The molecule has 0 fully saturated rings. The number of nitrogens with two attached hydrogens (primary N) is 1. The third kappa shape index (κ3) is 3.37. The van der Waals surface area contributed by atoms with Crippen molar-refractivity contribution >= 4 is 11.8 Å². The lowest BCUT2D eigenvalue weighted by atomic mass is 10.0. The minimum absolute atomic E-state index is 0.191. The highest BCUT2D eigenvalue weighted by molar-refractivity contribution is 7.99. The number of alkyl halides is 3. The van der Waals surface area contributed by atoms with E-state index < -0.39 is 11.7 Å². The highest BCUT2D eigenvalue weighted by Gasteiger charge is 2.33. The summed E-state index contributed by atoms with van der Waals surface area (Å²) in [5.41, 5.74) is 4.97. The zero-order chi connectivity index (χ0) is 14.8. The van der Waals surface area contributed by atoms with Crippen LogP contribution in [0.1, 0.15) is 16.9 Å². The summed E-state index contributed by atoms with van der Waals surface area (Å²) in [7, 11) is 0. The number of hydrogen-bond acceptors (Lipinski definition) is 3. The predicted octanol–water partition coefficient (Wildman–Crippen LogP) is 4.26. The van der Waals surface area contributed by atoms with Crippen LogP contribution in [0.25, 0.3) is 0 Å². The van der Waals surface area contributed by atoms with E-state index in [0.29, 0.717) is 10.7 Å². The van der Waals surface area contributed by atoms with Crippen LogP contribution in [0.2, 0.25) is 0 Å². The van der Waals surface area contributed by atoms with Gasteiger partial charge in [0.2, 0.25) is 0 Å². The first-order chi connectivity index (χ1) is 9.41. The van der Waals surface area contributed by atoms with E-state index in [9.17, 15) is 13.2 Å². The van der Waals surface area contributed by atoms with E-state index in [0.717, 1.165) is 4.90 Å². The molecule has 0 aliphatic carbocycles. The molecule has 0 radical (unpaired) electrons. The number of halogens is 3. The first-order valence-electron chi connectivity index (χ1n) is 6.04. The van der Waals surface area contributed by atoms with Crippen LogP contribution in [0.15, 0.2) is 44.7 Å². The Bertz CT molecular complexity index is 592. The fraction of sp³-hybridized carbons (Fsp3) is 0.286. The molecule has 20 heavy (non-hydrogen) atoms. The van der Waals surface area contributed by atoms with Crippen molar-refractivity contribution in [3.8, 4) is 0 Å². The van der Waals surface area contributed by atoms with E-state index in [1.807, 2.05) is 0 Å². The zero-order valence-electron chi connectivity index (χ0n) is 10.8. The molecule has 0 unspecified atom stereocenters. The Morgan fingerprint density at radius 1 is 1.25 bits per heavy atom. The standard InChI is InChI=1S/C14H14F3NOS/c1-9-13(5-7-19-9)20-11-3-2-10(4-6-18)12(8-11)14(15,16)17/h2-3,5,7-8H,4,6,18H2,1H3. The maximum absolute atomic E-state index is 13.0. The molecule has 0 spiro atoms. The van der Waals surface area contributed by atoms with Gasteiger partial charge in [-0.2, -0.15) is 13.2 Å². The Morgan fingerprint density at radius 3 is 2.55 bits per heavy atom. The lowest BCUT2D eigenvalue weighted by molar-refractivity contribution is -0.138. The second kappa shape index (κ2) is 5.93. The Labute approximate surface area is 119 Å². The molecule has 2 nitrogen and oxygen atoms in total. The molecule has 2 N–H and O–H groups in total. The highest BCUT2D eigenvalue weighted by Crippen LogP contribution is 2.37. The highest BCUT2D eigenvalue weighted by atomic mass is 32.2. The fourth-order valence-electron chi connectivity index (χ4n) is 1.86. The summed E-state index contributed by atoms with van der Waals surface area (Å²) in [6, 6.07) is 6.08. The van der Waals surface area contributed by atoms with Crippen LogP contribution in [0.3, 0.4) is 0 Å². The van der Waals surface area contributed by atoms with Crippen LogP contribution in [0, 0.1) is 6.92 Å². The average Bonchev–Trinajstić information content (AvgIpc) is 2.76. The van der Waals surface area contributed by atoms with Gasteiger partial charge in [-0.25, -0.2) is 0 Å². The van der Waals surface area contributed by atoms with Crippen LogP contribution in [0.4, 0.5) is 13.2 Å². The Kier molecular flexibility index (Phi) is 4.45. The van der Waals surface area contributed by atoms with Gasteiger partial charge in [0.05, 0.1) is 16.7 Å². The lowest BCUT2D eigenvalue weighted by Gasteiger charge is -2.13. The van der Waals surface area contributed by atoms with Crippen molar-refractivity contribution in [1.29, 1.82) is 0 Å². The molecule has 0 saturated heterocycles. The number of rotatable bonds is 4. The third-order valence-electron chi connectivity index (χ3n) is 2.84. The maximum atomic E-state index is 13.0. The minimum atomic E-state index is -4.37. The van der Waals surface area contributed by atoms with Crippen LogP contribution >= 0.6 is 11.8 Å². The molecule has 0 amide bonds. The Balaban J connectivity index is 2.34. The smallest absolute Gasteiger partial charge is 0.416 e. The van der Waals surface area contributed by atoms with Crippen LogP contribution in [-0.4, -0.2) is 6.54 Å². The molecule has 2 aromatic rings. The summed E-state index contributed by atoms with van der Waals surface area (Å²) in [5.74, 6) is 0.689. The molecule has 1 aromatic heterocycles. The second-order valence-electron chi connectivity index (χ2n) is 4.30. The first kappa shape index (κ1) is 15.0. The van der Waals surface area contributed by atoms with Gasteiger partial charge in [0.25, 0.3) is 0 Å². The number of furan rings is 1. The van der Waals surface area contributed by atoms with Crippen LogP contribution < -0.4 is 5.73 Å². The van der Waals surface area contributed by atoms with Crippen LogP contribution in [-0.2, 0) is 12.6 Å². The van der Waals surface area contributed by atoms with Gasteiger partial charge in [0.1, 0.15) is 5.76 Å². The monoisotopic (exact) mass is 301 g/mol. The molecule has 0 saturated carbocycles. The van der Waals surface area contributed by atoms with Crippen molar-refractivity contribution in [2.24, 2.45) is 5.73 Å². The van der Waals surface area contributed by atoms with E-state index in [4.69, 9.17) is 10.2 Å². The van der Waals surface area contributed by atoms with E-state index in [2.05, 4.69) is 0 Å². The summed E-state index contributed by atoms with van der Waals surface area (Å²) in [6.07, 6.45) is -2.64. The lowest BCUT2D eigenvalue weighted by Crippen LogP contribution is -2.12. The van der Waals surface area contributed by atoms with Crippen LogP contribution in [0.5, 0.6) is 0 Å². The fourth-order valence-corrected chi connectivity index (χ4v) is 2.74. The molecule has 0 bridgehead atoms. The van der Waals surface area contributed by atoms with E-state index in [1.165, 1.54) is 30.2 Å². The molecule has 2 rings (SSSR count). The predicted molar refractivity (Wildman–Crippen MR) is 71.8 cm³/mol. The minimum Gasteiger partial charge on any atom is -0.468 e. The normalized spacial score (nSPS) is 11.8. The van der Waals surface area contributed by atoms with Gasteiger partial charge in [-0.15, -0.1) is 0 Å². The van der Waals surface area contributed by atoms with E-state index in [1.54, 1.807) is 19.1 Å². The van der Waals surface area contributed by atoms with Crippen molar-refractivity contribution < 1.29 is 17.6 Å². The molecular weight excluding hydrogens is 287 g/mol. The molecular formula is C14H14F3NOS. The number of aryl methyl sites for hydroxylation is 1. The van der Waals surface area contributed by atoms with Gasteiger partial charge in [-0.1, -0.05) is 17.8 Å². The molecule has 108 valence electrons. The largest absolute Gasteiger partial charge is 0.468 e. The van der Waals surface area contributed by atoms with Crippen molar-refractivity contribution in [2.75, 3.05) is 6.54 Å². The Morgan fingerprint density at radius 2 is 2.00 bits per heavy atom. The van der Waals surface area contributed by atoms with Crippen molar-refractivity contribution in [1.82, 2.24) is 0 Å². The second-order valence-corrected chi connectivity index (χ2v) is 5.41. The van der Waals surface area contributed by atoms with Gasteiger partial charge in [-0.05, 0) is 43.7 Å². The average molecular weight is 301 g/mol. The summed E-state index contributed by atoms with van der Waals surface area (Å²) >= 11 is 1.25. The molecule has 0 aliphatic rings. The maximum Gasteiger partial charge on any atom is 0.416 e. The zero-order valence-corrected chi connectivity index (χ0v) is 11.6. The summed E-state index contributed by atoms with van der Waals surface area (Å²) in [4.78, 5) is 1.34. The molecule has 0 atom stereocenters. The molecule has 1 aromatic carbocycles. The summed E-state index contributed by atoms with van der Waals surface area (Å²) in [5, 5.41) is 0. The van der Waals surface area contributed by atoms with Crippen molar-refractivity contribution in [3.05, 3.63) is 47.4 Å². The SMILES string of the molecule is Cc1occc1Sc1ccc(CCN)c(C(F)(F)F)c1. The van der Waals surface area contributed by atoms with Gasteiger partial charge in [-0.3, -0.25) is 0 Å². The number of hydrogen-bond donors (Lipinski definition) is 1. The van der Waals surface area contributed by atoms with E-state index >= 15 is 0 Å². The third-order valence-corrected chi connectivity index (χ3v) is 3.97. The summed E-state index contributed by atoms with van der Waals surface area (Å²) < 4.78 is 44.3. The van der Waals surface area contributed by atoms with Gasteiger partial charge in [0, 0.05) is 4.90 Å². The quantitative estimate of drug-likeness (QED) is 0.917.